The second kappa shape index (κ2) is 9.61. The van der Waals surface area contributed by atoms with Crippen LogP contribution in [0.5, 0.6) is 0 Å². The minimum atomic E-state index is -1.47. The maximum Gasteiger partial charge on any atom is 0.292 e. The van der Waals surface area contributed by atoms with Gasteiger partial charge in [-0.1, -0.05) is 5.16 Å². The van der Waals surface area contributed by atoms with Crippen LogP contribution in [0.25, 0.3) is 11.1 Å². The van der Waals surface area contributed by atoms with Gasteiger partial charge in [-0.3, -0.25) is 14.5 Å². The number of thioether (sulfide) groups is 1. The van der Waals surface area contributed by atoms with Crippen molar-refractivity contribution in [1.29, 1.82) is 0 Å². The minimum absolute atomic E-state index is 0.0265. The van der Waals surface area contributed by atoms with Gasteiger partial charge in [0.15, 0.2) is 24.0 Å². The molecule has 0 aliphatic carbocycles. The Morgan fingerprint density at radius 2 is 2.22 bits per heavy atom. The number of anilines is 1. The van der Waals surface area contributed by atoms with Gasteiger partial charge < -0.3 is 34.6 Å². The number of rotatable bonds is 8. The Morgan fingerprint density at radius 3 is 2.92 bits per heavy atom. The maximum absolute atomic E-state index is 13.1. The molecule has 2 atom stereocenters. The highest BCUT2D eigenvalue weighted by molar-refractivity contribution is 8.00. The summed E-state index contributed by atoms with van der Waals surface area (Å²) in [6, 6.07) is 4.20. The SMILES string of the molecule is CC(C)ON=C(C(=O)NC1C(=O)N2C(C(=O)[O-])=C(C[n+]3cccc4occc43)CS[C@@H]12)c1coc(N)n1. The molecule has 0 spiro atoms. The van der Waals surface area contributed by atoms with Crippen molar-refractivity contribution in [2.75, 3.05) is 11.5 Å². The van der Waals surface area contributed by atoms with Crippen LogP contribution in [-0.4, -0.2) is 56.7 Å². The van der Waals surface area contributed by atoms with E-state index in [-0.39, 0.29) is 35.8 Å². The Bertz CT molecular complexity index is 1460. The summed E-state index contributed by atoms with van der Waals surface area (Å²) in [7, 11) is 0. The number of furan rings is 1. The molecule has 0 radical (unpaired) electrons. The number of pyridine rings is 1. The molecule has 5 heterocycles. The number of nitrogens with two attached hydrogens (primary N) is 1. The summed E-state index contributed by atoms with van der Waals surface area (Å²) >= 11 is 1.33. The Labute approximate surface area is 213 Å². The summed E-state index contributed by atoms with van der Waals surface area (Å²) in [5.41, 5.74) is 7.04. The molecule has 13 nitrogen and oxygen atoms in total. The molecule has 5 rings (SSSR count). The van der Waals surface area contributed by atoms with Gasteiger partial charge in [-0.05, 0) is 19.9 Å². The summed E-state index contributed by atoms with van der Waals surface area (Å²) < 4.78 is 12.2. The number of carbonyl (C=O) groups excluding carboxylic acids is 3. The number of fused-ring (bicyclic) bond motifs is 2. The standard InChI is InChI=1S/C23H22N6O7S/c1-11(2)36-27-16(13-9-35-23(24)25-13)19(30)26-17-20(31)29-18(22(32)33)12(10-37-21(17)29)8-28-6-3-4-15-14(28)5-7-34-15/h3-7,9,11,17,21H,8,10H2,1-2H3,(H3-,24,25,26,30,32,33)/t17?,21-/m0/s1. The number of oxime groups is 1. The quantitative estimate of drug-likeness (QED) is 0.168. The van der Waals surface area contributed by atoms with Crippen LogP contribution in [0.1, 0.15) is 19.5 Å². The molecule has 0 aromatic carbocycles. The van der Waals surface area contributed by atoms with Crippen LogP contribution in [0.4, 0.5) is 6.01 Å². The average molecular weight is 527 g/mol. The van der Waals surface area contributed by atoms with Crippen molar-refractivity contribution < 1.29 is 37.7 Å². The molecule has 3 aromatic heterocycles. The summed E-state index contributed by atoms with van der Waals surface area (Å²) in [6.45, 7) is 3.66. The van der Waals surface area contributed by atoms with E-state index in [2.05, 4.69) is 15.5 Å². The molecule has 2 aliphatic rings. The van der Waals surface area contributed by atoms with Gasteiger partial charge in [-0.25, -0.2) is 0 Å². The van der Waals surface area contributed by atoms with Crippen molar-refractivity contribution in [2.24, 2.45) is 5.16 Å². The number of oxazole rings is 1. The minimum Gasteiger partial charge on any atom is -0.543 e. The Morgan fingerprint density at radius 1 is 1.41 bits per heavy atom. The molecule has 2 amide bonds. The van der Waals surface area contributed by atoms with Gasteiger partial charge in [0.25, 0.3) is 23.3 Å². The summed E-state index contributed by atoms with van der Waals surface area (Å²) in [6.07, 6.45) is 4.15. The molecule has 3 N–H and O–H groups in total. The normalized spacial score (nSPS) is 19.7. The molecule has 0 saturated carbocycles. The van der Waals surface area contributed by atoms with Gasteiger partial charge in [0, 0.05) is 23.5 Å². The predicted octanol–water partition coefficient (Wildman–Crippen LogP) is -0.476. The first kappa shape index (κ1) is 24.4. The molecule has 14 heteroatoms. The van der Waals surface area contributed by atoms with Crippen LogP contribution in [-0.2, 0) is 25.8 Å². The van der Waals surface area contributed by atoms with Crippen molar-refractivity contribution >= 4 is 52.4 Å². The zero-order chi connectivity index (χ0) is 26.3. The molecule has 0 bridgehead atoms. The smallest absolute Gasteiger partial charge is 0.292 e. The molecule has 1 fully saturated rings. The number of β-lactam (4-membered cyclic amide) rings is 1. The van der Waals surface area contributed by atoms with E-state index in [4.69, 9.17) is 19.4 Å². The Hall–Kier alpha value is -4.33. The van der Waals surface area contributed by atoms with Crippen LogP contribution in [0.15, 0.2) is 62.2 Å². The maximum atomic E-state index is 13.1. The van der Waals surface area contributed by atoms with Gasteiger partial charge >= 0.3 is 0 Å². The molecule has 37 heavy (non-hydrogen) atoms. The van der Waals surface area contributed by atoms with E-state index in [0.717, 1.165) is 16.7 Å². The van der Waals surface area contributed by atoms with Gasteiger partial charge in [-0.15, -0.1) is 11.8 Å². The fourth-order valence-corrected chi connectivity index (χ4v) is 5.43. The number of amides is 2. The van der Waals surface area contributed by atoms with Gasteiger partial charge in [0.05, 0.1) is 17.9 Å². The van der Waals surface area contributed by atoms with E-state index < -0.39 is 29.2 Å². The average Bonchev–Trinajstić information content (AvgIpc) is 3.51. The van der Waals surface area contributed by atoms with Crippen molar-refractivity contribution in [3.8, 4) is 0 Å². The number of aliphatic carboxylic acids is 1. The first-order valence-corrected chi connectivity index (χ1v) is 12.3. The first-order chi connectivity index (χ1) is 17.7. The lowest BCUT2D eigenvalue weighted by molar-refractivity contribution is -0.663. The topological polar surface area (TPSA) is 180 Å². The molecule has 1 unspecified atom stereocenters. The third-order valence-corrected chi connectivity index (χ3v) is 7.06. The number of aromatic nitrogens is 2. The van der Waals surface area contributed by atoms with E-state index in [1.165, 1.54) is 11.8 Å². The second-order valence-corrected chi connectivity index (χ2v) is 9.68. The summed E-state index contributed by atoms with van der Waals surface area (Å²) in [5, 5.41) is 17.9. The third kappa shape index (κ3) is 4.50. The number of hydrogen-bond acceptors (Lipinski definition) is 11. The zero-order valence-corrected chi connectivity index (χ0v) is 20.6. The fourth-order valence-electron chi connectivity index (χ4n) is 4.10. The zero-order valence-electron chi connectivity index (χ0n) is 19.7. The van der Waals surface area contributed by atoms with Gasteiger partial charge in [0.2, 0.25) is 0 Å². The third-order valence-electron chi connectivity index (χ3n) is 5.72. The Kier molecular flexibility index (Phi) is 6.33. The largest absolute Gasteiger partial charge is 0.543 e. The predicted molar refractivity (Wildman–Crippen MR) is 127 cm³/mol. The van der Waals surface area contributed by atoms with Crippen molar-refractivity contribution in [1.82, 2.24) is 15.2 Å². The summed E-state index contributed by atoms with van der Waals surface area (Å²) in [4.78, 5) is 48.5. The van der Waals surface area contributed by atoms with Crippen molar-refractivity contribution in [3.05, 3.63) is 53.9 Å². The van der Waals surface area contributed by atoms with Crippen LogP contribution in [0, 0.1) is 0 Å². The van der Waals surface area contributed by atoms with E-state index in [0.29, 0.717) is 16.9 Å². The van der Waals surface area contributed by atoms with Crippen LogP contribution < -0.4 is 20.7 Å². The lowest BCUT2D eigenvalue weighted by Gasteiger charge is -2.50. The van der Waals surface area contributed by atoms with Crippen LogP contribution >= 0.6 is 11.8 Å². The molecular formula is C23H22N6O7S. The van der Waals surface area contributed by atoms with Gasteiger partial charge in [-0.2, -0.15) is 9.55 Å². The lowest BCUT2D eigenvalue weighted by atomic mass is 10.0. The first-order valence-electron chi connectivity index (χ1n) is 11.2. The number of nitrogens with one attached hydrogen (secondary N) is 1. The van der Waals surface area contributed by atoms with Crippen LogP contribution in [0.2, 0.25) is 0 Å². The van der Waals surface area contributed by atoms with E-state index in [9.17, 15) is 19.5 Å². The molecule has 192 valence electrons. The number of nitrogens with zero attached hydrogens (tertiary/aromatic N) is 4. The summed E-state index contributed by atoms with van der Waals surface area (Å²) in [5.74, 6) is -2.50. The van der Waals surface area contributed by atoms with Crippen molar-refractivity contribution in [3.63, 3.8) is 0 Å². The number of carboxylic acid groups (broad SMARTS) is 1. The van der Waals surface area contributed by atoms with Crippen molar-refractivity contribution in [2.45, 2.75) is 37.9 Å². The molecular weight excluding hydrogens is 504 g/mol. The highest BCUT2D eigenvalue weighted by Crippen LogP contribution is 2.40. The van der Waals surface area contributed by atoms with E-state index in [1.54, 1.807) is 44.5 Å². The van der Waals surface area contributed by atoms with E-state index in [1.807, 2.05) is 4.57 Å². The Balaban J connectivity index is 1.37. The second-order valence-electron chi connectivity index (χ2n) is 8.57. The molecule has 1 saturated heterocycles. The molecule has 3 aromatic rings. The number of hydrogen-bond donors (Lipinski definition) is 2. The fraction of sp³-hybridized carbons (Fsp3) is 0.304. The lowest BCUT2D eigenvalue weighted by Crippen LogP contribution is -2.71. The number of carbonyl (C=O) groups is 3. The van der Waals surface area contributed by atoms with Crippen LogP contribution in [0.3, 0.4) is 0 Å². The number of carboxylic acids is 1. The van der Waals surface area contributed by atoms with E-state index >= 15 is 0 Å². The monoisotopic (exact) mass is 526 g/mol. The highest BCUT2D eigenvalue weighted by atomic mass is 32.2. The van der Waals surface area contributed by atoms with Gasteiger partial charge in [0.1, 0.15) is 29.5 Å². The molecule has 2 aliphatic heterocycles. The number of nitrogen functional groups attached to an aromatic ring is 1. The highest BCUT2D eigenvalue weighted by Gasteiger charge is 2.53.